The third kappa shape index (κ3) is 1.92. The minimum absolute atomic E-state index is 0.574. The van der Waals surface area contributed by atoms with Crippen LogP contribution in [0.2, 0.25) is 0 Å². The topological polar surface area (TPSA) is 43.1 Å². The molecule has 0 aromatic carbocycles. The molecule has 1 heterocycles. The van der Waals surface area contributed by atoms with Crippen LogP contribution < -0.4 is 5.73 Å². The van der Waals surface area contributed by atoms with E-state index in [9.17, 15) is 4.79 Å². The van der Waals surface area contributed by atoms with Crippen LogP contribution in [0.4, 0.5) is 5.69 Å². The lowest BCUT2D eigenvalue weighted by Gasteiger charge is -1.80. The lowest BCUT2D eigenvalue weighted by Crippen LogP contribution is -1.83. The van der Waals surface area contributed by atoms with Crippen LogP contribution in [0.5, 0.6) is 0 Å². The van der Waals surface area contributed by atoms with Crippen LogP contribution >= 0.6 is 11.3 Å². The van der Waals surface area contributed by atoms with E-state index in [1.54, 1.807) is 11.4 Å². The Kier molecular flexibility index (Phi) is 4.01. The summed E-state index contributed by atoms with van der Waals surface area (Å²) in [5, 5.41) is 1.79. The van der Waals surface area contributed by atoms with Gasteiger partial charge in [0.2, 0.25) is 0 Å². The van der Waals surface area contributed by atoms with Crippen molar-refractivity contribution in [1.29, 1.82) is 0 Å². The van der Waals surface area contributed by atoms with Crippen molar-refractivity contribution in [3.05, 3.63) is 16.3 Å². The Bertz CT molecular complexity index is 227. The van der Waals surface area contributed by atoms with Gasteiger partial charge in [-0.1, -0.05) is 0 Å². The van der Waals surface area contributed by atoms with Gasteiger partial charge in [-0.2, -0.15) is 0 Å². The summed E-state index contributed by atoms with van der Waals surface area (Å²) in [4.78, 5) is 10.6. The Labute approximate surface area is 63.7 Å². The second-order valence-corrected chi connectivity index (χ2v) is 2.31. The van der Waals surface area contributed by atoms with Crippen LogP contribution in [0.15, 0.2) is 11.4 Å². The highest BCUT2D eigenvalue weighted by molar-refractivity contribution is 7.12. The predicted octanol–water partition coefficient (Wildman–Crippen LogP) is 1.39. The smallest absolute Gasteiger partial charge is 0.162 e. The second kappa shape index (κ2) is 4.59. The fourth-order valence-corrected chi connectivity index (χ4v) is 1.05. The number of aldehydes is 1. The third-order valence-electron chi connectivity index (χ3n) is 0.834. The molecule has 2 nitrogen and oxygen atoms in total. The summed E-state index contributed by atoms with van der Waals surface area (Å²) >= 11 is 1.36. The first-order valence-electron chi connectivity index (χ1n) is 2.46. The van der Waals surface area contributed by atoms with Gasteiger partial charge in [0.05, 0.1) is 10.6 Å². The third-order valence-corrected chi connectivity index (χ3v) is 1.69. The molecule has 1 aromatic rings. The Hall–Kier alpha value is -1.27. The van der Waals surface area contributed by atoms with Crippen molar-refractivity contribution in [3.8, 4) is 12.8 Å². The molecule has 0 aliphatic carbocycles. The lowest BCUT2D eigenvalue weighted by molar-refractivity contribution is 0.112. The molecule has 1 aromatic heterocycles. The minimum atomic E-state index is 0.574. The predicted molar refractivity (Wildman–Crippen MR) is 44.0 cm³/mol. The maximum absolute atomic E-state index is 10.0. The zero-order valence-electron chi connectivity index (χ0n) is 5.28. The van der Waals surface area contributed by atoms with E-state index < -0.39 is 0 Å². The Balaban J connectivity index is 0.000000371. The zero-order chi connectivity index (χ0) is 7.98. The summed E-state index contributed by atoms with van der Waals surface area (Å²) in [5.41, 5.74) is 5.90. The number of carbonyl (C=O) groups is 1. The van der Waals surface area contributed by atoms with Crippen LogP contribution in [0.1, 0.15) is 9.67 Å². The molecule has 3 heteroatoms. The average Bonchev–Trinajstić information content (AvgIpc) is 2.39. The maximum atomic E-state index is 10.0. The molecule has 0 bridgehead atoms. The monoisotopic (exact) mass is 153 g/mol. The summed E-state index contributed by atoms with van der Waals surface area (Å²) in [6.45, 7) is 0. The van der Waals surface area contributed by atoms with Gasteiger partial charge < -0.3 is 5.73 Å². The van der Waals surface area contributed by atoms with E-state index >= 15 is 0 Å². The second-order valence-electron chi connectivity index (χ2n) is 1.36. The lowest BCUT2D eigenvalue weighted by atomic mass is 10.4. The molecule has 0 aliphatic rings. The molecular formula is C7H7NOS. The summed E-state index contributed by atoms with van der Waals surface area (Å²) in [5.74, 6) is 0. The van der Waals surface area contributed by atoms with Gasteiger partial charge >= 0.3 is 0 Å². The van der Waals surface area contributed by atoms with E-state index in [1.165, 1.54) is 11.3 Å². The zero-order valence-corrected chi connectivity index (χ0v) is 6.10. The number of thiophene rings is 1. The number of nitrogen functional groups attached to an aromatic ring is 1. The maximum Gasteiger partial charge on any atom is 0.162 e. The van der Waals surface area contributed by atoms with Gasteiger partial charge in [0.1, 0.15) is 0 Å². The van der Waals surface area contributed by atoms with Crippen molar-refractivity contribution in [3.63, 3.8) is 0 Å². The molecule has 2 N–H and O–H groups in total. The fraction of sp³-hybridized carbons (Fsp3) is 0. The summed E-state index contributed by atoms with van der Waals surface area (Å²) < 4.78 is 0. The average molecular weight is 153 g/mol. The van der Waals surface area contributed by atoms with Gasteiger partial charge in [-0.3, -0.25) is 4.79 Å². The van der Waals surface area contributed by atoms with Crippen molar-refractivity contribution < 1.29 is 4.79 Å². The number of terminal acetylenes is 1. The van der Waals surface area contributed by atoms with Crippen molar-refractivity contribution >= 4 is 23.3 Å². The van der Waals surface area contributed by atoms with Gasteiger partial charge in [-0.15, -0.1) is 24.2 Å². The number of rotatable bonds is 1. The molecular weight excluding hydrogens is 146 g/mol. The van der Waals surface area contributed by atoms with E-state index in [1.807, 2.05) is 0 Å². The Morgan fingerprint density at radius 3 is 2.40 bits per heavy atom. The normalized spacial score (nSPS) is 7.40. The van der Waals surface area contributed by atoms with Gasteiger partial charge in [0.15, 0.2) is 6.29 Å². The molecule has 0 atom stereocenters. The van der Waals surface area contributed by atoms with Crippen LogP contribution in [0.3, 0.4) is 0 Å². The molecule has 0 unspecified atom stereocenters. The summed E-state index contributed by atoms with van der Waals surface area (Å²) in [7, 11) is 0. The minimum Gasteiger partial charge on any atom is -0.397 e. The molecule has 10 heavy (non-hydrogen) atoms. The van der Waals surface area contributed by atoms with E-state index in [-0.39, 0.29) is 0 Å². The van der Waals surface area contributed by atoms with Crippen molar-refractivity contribution in [1.82, 2.24) is 0 Å². The van der Waals surface area contributed by atoms with Crippen LogP contribution in [-0.4, -0.2) is 6.29 Å². The molecule has 0 radical (unpaired) electrons. The van der Waals surface area contributed by atoms with Crippen LogP contribution in [-0.2, 0) is 0 Å². The summed E-state index contributed by atoms with van der Waals surface area (Å²) in [6, 6.07) is 1.72. The standard InChI is InChI=1S/C5H5NOS.C2H2/c6-4-1-2-8-5(4)3-7;1-2/h1-3H,6H2;1-2H. The van der Waals surface area contributed by atoms with E-state index in [0.29, 0.717) is 10.6 Å². The van der Waals surface area contributed by atoms with Crippen molar-refractivity contribution in [2.24, 2.45) is 0 Å². The highest BCUT2D eigenvalue weighted by Gasteiger charge is 1.94. The molecule has 0 amide bonds. The fourth-order valence-electron chi connectivity index (χ4n) is 0.427. The van der Waals surface area contributed by atoms with Crippen LogP contribution in [0.25, 0.3) is 0 Å². The van der Waals surface area contributed by atoms with E-state index in [4.69, 9.17) is 5.73 Å². The number of hydrogen-bond donors (Lipinski definition) is 1. The molecule has 0 aliphatic heterocycles. The first kappa shape index (κ1) is 8.73. The molecule has 0 spiro atoms. The van der Waals surface area contributed by atoms with Gasteiger partial charge in [0, 0.05) is 0 Å². The van der Waals surface area contributed by atoms with Gasteiger partial charge in [-0.05, 0) is 11.4 Å². The first-order valence-corrected chi connectivity index (χ1v) is 3.34. The quantitative estimate of drug-likeness (QED) is 0.489. The molecule has 1 rings (SSSR count). The Morgan fingerprint density at radius 1 is 1.60 bits per heavy atom. The van der Waals surface area contributed by atoms with E-state index in [0.717, 1.165) is 6.29 Å². The largest absolute Gasteiger partial charge is 0.397 e. The van der Waals surface area contributed by atoms with Crippen molar-refractivity contribution in [2.45, 2.75) is 0 Å². The van der Waals surface area contributed by atoms with Crippen molar-refractivity contribution in [2.75, 3.05) is 5.73 Å². The van der Waals surface area contributed by atoms with Crippen LogP contribution in [0, 0.1) is 12.8 Å². The SMILES string of the molecule is C#C.Nc1ccsc1C=O. The highest BCUT2D eigenvalue weighted by atomic mass is 32.1. The van der Waals surface area contributed by atoms with E-state index in [2.05, 4.69) is 12.8 Å². The van der Waals surface area contributed by atoms with Gasteiger partial charge in [-0.25, -0.2) is 0 Å². The van der Waals surface area contributed by atoms with Gasteiger partial charge in [0.25, 0.3) is 0 Å². The summed E-state index contributed by atoms with van der Waals surface area (Å²) in [6.07, 6.45) is 8.76. The first-order chi connectivity index (χ1) is 4.84. The Morgan fingerprint density at radius 2 is 2.20 bits per heavy atom. The number of anilines is 1. The molecule has 0 fully saturated rings. The number of hydrogen-bond acceptors (Lipinski definition) is 3. The molecule has 0 saturated heterocycles. The highest BCUT2D eigenvalue weighted by Crippen LogP contribution is 2.14. The molecule has 0 saturated carbocycles. The molecule has 52 valence electrons. The number of nitrogens with two attached hydrogens (primary N) is 1. The number of carbonyl (C=O) groups excluding carboxylic acids is 1.